The third-order valence-electron chi connectivity index (χ3n) is 3.13. The van der Waals surface area contributed by atoms with Gasteiger partial charge in [0, 0.05) is 25.7 Å². The van der Waals surface area contributed by atoms with E-state index in [1.54, 1.807) is 18.0 Å². The van der Waals surface area contributed by atoms with Gasteiger partial charge in [0.2, 0.25) is 0 Å². The average molecular weight is 262 g/mol. The van der Waals surface area contributed by atoms with Crippen LogP contribution in [0.3, 0.4) is 0 Å². The maximum absolute atomic E-state index is 12.2. The van der Waals surface area contributed by atoms with Crippen LogP contribution in [-0.4, -0.2) is 40.6 Å². The molecule has 1 amide bonds. The molecule has 6 heteroatoms. The molecule has 0 spiro atoms. The minimum Gasteiger partial charge on any atom is -0.460 e. The number of carbonyl (C=O) groups is 1. The Labute approximate surface area is 111 Å². The number of likely N-dealkylation sites (N-methyl/N-ethyl adjacent to an activating group) is 1. The Kier molecular flexibility index (Phi) is 3.71. The van der Waals surface area contributed by atoms with Gasteiger partial charge in [-0.3, -0.25) is 9.89 Å². The number of hydrogen-bond acceptors (Lipinski definition) is 4. The predicted octanol–water partition coefficient (Wildman–Crippen LogP) is 1.40. The lowest BCUT2D eigenvalue weighted by molar-refractivity contribution is 0.0742. The summed E-state index contributed by atoms with van der Waals surface area (Å²) in [6, 6.07) is 5.35. The average Bonchev–Trinajstić information content (AvgIpc) is 3.04. The fraction of sp³-hybridized carbons (Fsp3) is 0.385. The summed E-state index contributed by atoms with van der Waals surface area (Å²) >= 11 is 0. The number of aromatic nitrogens is 2. The van der Waals surface area contributed by atoms with Gasteiger partial charge in [-0.1, -0.05) is 0 Å². The van der Waals surface area contributed by atoms with Crippen molar-refractivity contribution in [3.8, 4) is 11.5 Å². The molecule has 2 rings (SSSR count). The van der Waals surface area contributed by atoms with Gasteiger partial charge in [-0.15, -0.1) is 0 Å². The number of nitrogens with one attached hydrogen (secondary N) is 1. The maximum Gasteiger partial charge on any atom is 0.274 e. The highest BCUT2D eigenvalue weighted by Crippen LogP contribution is 2.20. The first kappa shape index (κ1) is 13.4. The summed E-state index contributed by atoms with van der Waals surface area (Å²) in [6.45, 7) is 4.17. The van der Waals surface area contributed by atoms with Crippen molar-refractivity contribution in [1.82, 2.24) is 15.1 Å². The minimum atomic E-state index is -0.163. The normalized spacial score (nSPS) is 12.4. The molecule has 0 saturated carbocycles. The molecule has 0 aliphatic carbocycles. The number of nitrogens with zero attached hydrogens (tertiary/aromatic N) is 2. The highest BCUT2D eigenvalue weighted by Gasteiger charge is 2.20. The number of amides is 1. The van der Waals surface area contributed by atoms with Gasteiger partial charge >= 0.3 is 0 Å². The molecule has 6 nitrogen and oxygen atoms in total. The second kappa shape index (κ2) is 5.27. The Morgan fingerprint density at radius 1 is 1.58 bits per heavy atom. The largest absolute Gasteiger partial charge is 0.460 e. The fourth-order valence-corrected chi connectivity index (χ4v) is 1.68. The van der Waals surface area contributed by atoms with Crippen molar-refractivity contribution in [3.63, 3.8) is 0 Å². The predicted molar refractivity (Wildman–Crippen MR) is 71.6 cm³/mol. The summed E-state index contributed by atoms with van der Waals surface area (Å²) in [5, 5.41) is 6.83. The lowest BCUT2D eigenvalue weighted by atomic mass is 10.2. The van der Waals surface area contributed by atoms with Gasteiger partial charge < -0.3 is 15.1 Å². The van der Waals surface area contributed by atoms with Crippen LogP contribution < -0.4 is 5.73 Å². The number of carbonyl (C=O) groups excluding carboxylic acids is 1. The monoisotopic (exact) mass is 262 g/mol. The molecule has 2 heterocycles. The first-order valence-corrected chi connectivity index (χ1v) is 6.12. The number of rotatable bonds is 4. The van der Waals surface area contributed by atoms with Crippen LogP contribution in [0.1, 0.15) is 23.2 Å². The molecule has 0 aromatic carbocycles. The van der Waals surface area contributed by atoms with Crippen LogP contribution in [0.5, 0.6) is 0 Å². The number of nitrogens with two attached hydrogens (primary N) is 1. The van der Waals surface area contributed by atoms with Gasteiger partial charge in [0.25, 0.3) is 5.91 Å². The zero-order valence-electron chi connectivity index (χ0n) is 11.3. The molecule has 1 atom stereocenters. The van der Waals surface area contributed by atoms with E-state index in [1.807, 2.05) is 26.0 Å². The Morgan fingerprint density at radius 2 is 2.32 bits per heavy atom. The zero-order chi connectivity index (χ0) is 14.0. The number of aromatic amines is 1. The molecule has 1 unspecified atom stereocenters. The Balaban J connectivity index is 2.19. The van der Waals surface area contributed by atoms with Gasteiger partial charge in [0.1, 0.15) is 11.5 Å². The second-order valence-corrected chi connectivity index (χ2v) is 4.58. The summed E-state index contributed by atoms with van der Waals surface area (Å²) in [4.78, 5) is 13.7. The van der Waals surface area contributed by atoms with E-state index in [1.165, 1.54) is 0 Å². The molecule has 3 N–H and O–H groups in total. The lowest BCUT2D eigenvalue weighted by Crippen LogP contribution is -2.39. The lowest BCUT2D eigenvalue weighted by Gasteiger charge is -2.22. The summed E-state index contributed by atoms with van der Waals surface area (Å²) in [5.41, 5.74) is 6.59. The van der Waals surface area contributed by atoms with Crippen molar-refractivity contribution in [2.24, 2.45) is 5.73 Å². The highest BCUT2D eigenvalue weighted by molar-refractivity contribution is 5.93. The SMILES string of the molecule is Cc1ccc(-c2cc(C(=O)N(C)C(C)CN)n[nH]2)o1. The van der Waals surface area contributed by atoms with Crippen molar-refractivity contribution in [3.05, 3.63) is 29.7 Å². The standard InChI is InChI=1S/C13H18N4O2/c1-8(7-14)17(3)13(18)11-6-10(15-16-11)12-5-4-9(2)19-12/h4-6,8H,7,14H2,1-3H3,(H,15,16). The van der Waals surface area contributed by atoms with Gasteiger partial charge in [0.15, 0.2) is 11.5 Å². The molecule has 2 aromatic rings. The molecule has 102 valence electrons. The molecule has 19 heavy (non-hydrogen) atoms. The van der Waals surface area contributed by atoms with Crippen molar-refractivity contribution in [2.75, 3.05) is 13.6 Å². The van der Waals surface area contributed by atoms with Crippen LogP contribution >= 0.6 is 0 Å². The van der Waals surface area contributed by atoms with E-state index in [0.29, 0.717) is 23.7 Å². The molecule has 2 aromatic heterocycles. The smallest absolute Gasteiger partial charge is 0.274 e. The third kappa shape index (κ3) is 2.68. The first-order chi connectivity index (χ1) is 9.02. The molecule has 0 bridgehead atoms. The van der Waals surface area contributed by atoms with E-state index in [4.69, 9.17) is 10.2 Å². The zero-order valence-corrected chi connectivity index (χ0v) is 11.3. The number of hydrogen-bond donors (Lipinski definition) is 2. The third-order valence-corrected chi connectivity index (χ3v) is 3.13. The van der Waals surface area contributed by atoms with Crippen molar-refractivity contribution in [1.29, 1.82) is 0 Å². The molecular formula is C13H18N4O2. The van der Waals surface area contributed by atoms with E-state index < -0.39 is 0 Å². The second-order valence-electron chi connectivity index (χ2n) is 4.58. The molecule has 0 aliphatic heterocycles. The van der Waals surface area contributed by atoms with E-state index in [0.717, 1.165) is 5.76 Å². The van der Waals surface area contributed by atoms with E-state index in [-0.39, 0.29) is 11.9 Å². The molecule has 0 saturated heterocycles. The molecule has 0 aliphatic rings. The fourth-order valence-electron chi connectivity index (χ4n) is 1.68. The van der Waals surface area contributed by atoms with Gasteiger partial charge in [-0.2, -0.15) is 5.10 Å². The Hall–Kier alpha value is -2.08. The van der Waals surface area contributed by atoms with Crippen LogP contribution in [-0.2, 0) is 0 Å². The Morgan fingerprint density at radius 3 is 2.89 bits per heavy atom. The van der Waals surface area contributed by atoms with Crippen LogP contribution in [0.4, 0.5) is 0 Å². The number of furan rings is 1. The highest BCUT2D eigenvalue weighted by atomic mass is 16.3. The summed E-state index contributed by atoms with van der Waals surface area (Å²) in [7, 11) is 1.71. The van der Waals surface area contributed by atoms with Crippen molar-refractivity contribution < 1.29 is 9.21 Å². The van der Waals surface area contributed by atoms with Gasteiger partial charge in [-0.25, -0.2) is 0 Å². The van der Waals surface area contributed by atoms with Crippen LogP contribution in [0.2, 0.25) is 0 Å². The van der Waals surface area contributed by atoms with E-state index in [2.05, 4.69) is 10.2 Å². The van der Waals surface area contributed by atoms with Crippen LogP contribution in [0.15, 0.2) is 22.6 Å². The van der Waals surface area contributed by atoms with Crippen LogP contribution in [0.25, 0.3) is 11.5 Å². The van der Waals surface area contributed by atoms with Crippen molar-refractivity contribution >= 4 is 5.91 Å². The molecular weight excluding hydrogens is 244 g/mol. The van der Waals surface area contributed by atoms with E-state index >= 15 is 0 Å². The van der Waals surface area contributed by atoms with Crippen LogP contribution in [0, 0.1) is 6.92 Å². The molecule has 0 fully saturated rings. The topological polar surface area (TPSA) is 88.1 Å². The number of H-pyrrole nitrogens is 1. The Bertz CT molecular complexity index is 573. The summed E-state index contributed by atoms with van der Waals surface area (Å²) in [6.07, 6.45) is 0. The van der Waals surface area contributed by atoms with Crippen molar-refractivity contribution in [2.45, 2.75) is 19.9 Å². The quantitative estimate of drug-likeness (QED) is 0.871. The summed E-state index contributed by atoms with van der Waals surface area (Å²) < 4.78 is 5.48. The molecule has 0 radical (unpaired) electrons. The van der Waals surface area contributed by atoms with E-state index in [9.17, 15) is 4.79 Å². The van der Waals surface area contributed by atoms with Gasteiger partial charge in [0.05, 0.1) is 0 Å². The first-order valence-electron chi connectivity index (χ1n) is 6.12. The minimum absolute atomic E-state index is 0.0292. The number of aryl methyl sites for hydroxylation is 1. The summed E-state index contributed by atoms with van der Waals surface area (Å²) in [5.74, 6) is 1.31. The van der Waals surface area contributed by atoms with Gasteiger partial charge in [-0.05, 0) is 26.0 Å². The maximum atomic E-state index is 12.2.